The number of para-hydroxylation sites is 2. The number of benzene rings is 1. The molecule has 1 saturated heterocycles. The van der Waals surface area contributed by atoms with Crippen molar-refractivity contribution in [3.05, 3.63) is 24.3 Å². The summed E-state index contributed by atoms with van der Waals surface area (Å²) in [4.78, 5) is 28.1. The highest BCUT2D eigenvalue weighted by Gasteiger charge is 2.29. The Balaban J connectivity index is 1.69. The molecule has 1 aromatic rings. The molecule has 2 heterocycles. The monoisotopic (exact) mass is 318 g/mol. The quantitative estimate of drug-likeness (QED) is 0.821. The molecule has 0 N–H and O–H groups in total. The Bertz CT molecular complexity index is 584. The van der Waals surface area contributed by atoms with Gasteiger partial charge in [-0.05, 0) is 25.5 Å². The van der Waals surface area contributed by atoms with Crippen molar-refractivity contribution in [3.63, 3.8) is 0 Å². The molecule has 2 aliphatic heterocycles. The Morgan fingerprint density at radius 1 is 1.39 bits per heavy atom. The average molecular weight is 318 g/mol. The molecular formula is C17H22N2O4. The molecular weight excluding hydrogens is 296 g/mol. The summed E-state index contributed by atoms with van der Waals surface area (Å²) in [5, 5.41) is 0. The molecule has 124 valence electrons. The molecule has 0 spiro atoms. The summed E-state index contributed by atoms with van der Waals surface area (Å²) >= 11 is 0. The van der Waals surface area contributed by atoms with Crippen LogP contribution in [0.1, 0.15) is 13.3 Å². The van der Waals surface area contributed by atoms with Crippen LogP contribution in [0.15, 0.2) is 24.3 Å². The maximum atomic E-state index is 12.6. The van der Waals surface area contributed by atoms with Crippen molar-refractivity contribution >= 4 is 17.5 Å². The van der Waals surface area contributed by atoms with E-state index in [4.69, 9.17) is 9.47 Å². The first-order chi connectivity index (χ1) is 11.2. The number of amides is 2. The lowest BCUT2D eigenvalue weighted by Gasteiger charge is -2.31. The van der Waals surface area contributed by atoms with E-state index in [9.17, 15) is 9.59 Å². The van der Waals surface area contributed by atoms with Gasteiger partial charge in [-0.1, -0.05) is 12.1 Å². The fraction of sp³-hybridized carbons (Fsp3) is 0.529. The van der Waals surface area contributed by atoms with Gasteiger partial charge in [0.05, 0.1) is 12.3 Å². The third-order valence-corrected chi connectivity index (χ3v) is 4.34. The van der Waals surface area contributed by atoms with E-state index >= 15 is 0 Å². The van der Waals surface area contributed by atoms with Crippen LogP contribution in [-0.4, -0.2) is 56.2 Å². The minimum atomic E-state index is -0.183. The lowest BCUT2D eigenvalue weighted by molar-refractivity contribution is -0.132. The van der Waals surface area contributed by atoms with Gasteiger partial charge in [-0.25, -0.2) is 0 Å². The molecule has 1 aromatic carbocycles. The number of ether oxygens (including phenoxy) is 2. The number of fused-ring (bicyclic) bond motifs is 1. The molecule has 6 nitrogen and oxygen atoms in total. The molecule has 1 atom stereocenters. The maximum absolute atomic E-state index is 12.6. The maximum Gasteiger partial charge on any atom is 0.265 e. The Morgan fingerprint density at radius 3 is 2.96 bits per heavy atom. The van der Waals surface area contributed by atoms with E-state index in [0.717, 1.165) is 13.0 Å². The third kappa shape index (κ3) is 3.47. The van der Waals surface area contributed by atoms with Crippen molar-refractivity contribution in [2.24, 2.45) is 5.92 Å². The summed E-state index contributed by atoms with van der Waals surface area (Å²) in [5.41, 5.74) is 0.664. The van der Waals surface area contributed by atoms with E-state index in [-0.39, 0.29) is 25.0 Å². The smallest absolute Gasteiger partial charge is 0.265 e. The zero-order valence-electron chi connectivity index (χ0n) is 13.4. The molecule has 0 saturated carbocycles. The fourth-order valence-electron chi connectivity index (χ4n) is 3.01. The Kier molecular flexibility index (Phi) is 4.81. The van der Waals surface area contributed by atoms with Gasteiger partial charge in [-0.15, -0.1) is 0 Å². The van der Waals surface area contributed by atoms with E-state index in [0.29, 0.717) is 37.1 Å². The summed E-state index contributed by atoms with van der Waals surface area (Å²) in [7, 11) is 0. The minimum absolute atomic E-state index is 0.0209. The van der Waals surface area contributed by atoms with Gasteiger partial charge in [0, 0.05) is 25.6 Å². The number of hydrogen-bond acceptors (Lipinski definition) is 4. The average Bonchev–Trinajstić information content (AvgIpc) is 3.08. The van der Waals surface area contributed by atoms with Crippen molar-refractivity contribution in [1.82, 2.24) is 4.90 Å². The molecule has 6 heteroatoms. The largest absolute Gasteiger partial charge is 0.482 e. The number of nitrogens with zero attached hydrogens (tertiary/aromatic N) is 2. The van der Waals surface area contributed by atoms with Crippen LogP contribution in [0, 0.1) is 5.92 Å². The van der Waals surface area contributed by atoms with Crippen LogP contribution in [0.3, 0.4) is 0 Å². The van der Waals surface area contributed by atoms with Crippen molar-refractivity contribution < 1.29 is 19.1 Å². The highest BCUT2D eigenvalue weighted by molar-refractivity contribution is 6.02. The molecule has 0 aliphatic carbocycles. The molecule has 0 radical (unpaired) electrons. The number of likely N-dealkylation sites (N-methyl/N-ethyl adjacent to an activating group) is 1. The normalized spacial score (nSPS) is 20.1. The molecule has 2 amide bonds. The van der Waals surface area contributed by atoms with Gasteiger partial charge in [0.1, 0.15) is 12.3 Å². The van der Waals surface area contributed by atoms with Gasteiger partial charge in [-0.3, -0.25) is 14.5 Å². The van der Waals surface area contributed by atoms with Crippen LogP contribution in [0.4, 0.5) is 5.69 Å². The number of anilines is 1. The zero-order chi connectivity index (χ0) is 16.2. The summed E-state index contributed by atoms with van der Waals surface area (Å²) in [6.07, 6.45) is 0.989. The SMILES string of the molecule is CCN(C[C@H]1CCOC1)C(=O)CN1C(=O)COc2ccccc21. The topological polar surface area (TPSA) is 59.1 Å². The Labute approximate surface area is 136 Å². The molecule has 0 unspecified atom stereocenters. The molecule has 23 heavy (non-hydrogen) atoms. The zero-order valence-corrected chi connectivity index (χ0v) is 13.4. The highest BCUT2D eigenvalue weighted by atomic mass is 16.5. The van der Waals surface area contributed by atoms with Crippen LogP contribution in [0.25, 0.3) is 0 Å². The van der Waals surface area contributed by atoms with E-state index < -0.39 is 0 Å². The molecule has 0 aromatic heterocycles. The first-order valence-electron chi connectivity index (χ1n) is 8.06. The first kappa shape index (κ1) is 15.8. The van der Waals surface area contributed by atoms with Crippen molar-refractivity contribution in [2.45, 2.75) is 13.3 Å². The summed E-state index contributed by atoms with van der Waals surface area (Å²) in [5.74, 6) is 0.820. The van der Waals surface area contributed by atoms with Gasteiger partial charge in [0.15, 0.2) is 6.61 Å². The lowest BCUT2D eigenvalue weighted by Crippen LogP contribution is -2.47. The van der Waals surface area contributed by atoms with Gasteiger partial charge in [0.2, 0.25) is 5.91 Å². The van der Waals surface area contributed by atoms with E-state index in [2.05, 4.69) is 0 Å². The van der Waals surface area contributed by atoms with Crippen LogP contribution in [0.5, 0.6) is 5.75 Å². The summed E-state index contributed by atoms with van der Waals surface area (Å²) in [6, 6.07) is 7.31. The van der Waals surface area contributed by atoms with Crippen LogP contribution >= 0.6 is 0 Å². The van der Waals surface area contributed by atoms with Gasteiger partial charge < -0.3 is 14.4 Å². The van der Waals surface area contributed by atoms with E-state index in [1.807, 2.05) is 30.0 Å². The van der Waals surface area contributed by atoms with Gasteiger partial charge >= 0.3 is 0 Å². The fourth-order valence-corrected chi connectivity index (χ4v) is 3.01. The molecule has 3 rings (SSSR count). The van der Waals surface area contributed by atoms with Crippen molar-refractivity contribution in [2.75, 3.05) is 44.4 Å². The predicted octanol–water partition coefficient (Wildman–Crippen LogP) is 1.30. The van der Waals surface area contributed by atoms with Crippen LogP contribution < -0.4 is 9.64 Å². The first-order valence-corrected chi connectivity index (χ1v) is 8.06. The van der Waals surface area contributed by atoms with Crippen molar-refractivity contribution in [3.8, 4) is 5.75 Å². The number of rotatable bonds is 5. The Morgan fingerprint density at radius 2 is 2.22 bits per heavy atom. The molecule has 1 fully saturated rings. The third-order valence-electron chi connectivity index (χ3n) is 4.34. The van der Waals surface area contributed by atoms with Crippen LogP contribution in [-0.2, 0) is 14.3 Å². The summed E-state index contributed by atoms with van der Waals surface area (Å²) in [6.45, 7) is 4.80. The van der Waals surface area contributed by atoms with E-state index in [1.165, 1.54) is 4.90 Å². The van der Waals surface area contributed by atoms with Crippen molar-refractivity contribution in [1.29, 1.82) is 0 Å². The highest BCUT2D eigenvalue weighted by Crippen LogP contribution is 2.31. The second-order valence-corrected chi connectivity index (χ2v) is 5.90. The number of carbonyl (C=O) groups is 2. The van der Waals surface area contributed by atoms with Gasteiger partial charge in [-0.2, -0.15) is 0 Å². The minimum Gasteiger partial charge on any atom is -0.482 e. The van der Waals surface area contributed by atoms with E-state index in [1.54, 1.807) is 6.07 Å². The van der Waals surface area contributed by atoms with Crippen LogP contribution in [0.2, 0.25) is 0 Å². The molecule has 0 bridgehead atoms. The predicted molar refractivity (Wildman–Crippen MR) is 85.5 cm³/mol. The second kappa shape index (κ2) is 7.00. The lowest BCUT2D eigenvalue weighted by atomic mass is 10.1. The van der Waals surface area contributed by atoms with Gasteiger partial charge in [0.25, 0.3) is 5.91 Å². The Hall–Kier alpha value is -2.08. The number of hydrogen-bond donors (Lipinski definition) is 0. The standard InChI is InChI=1S/C17H22N2O4/c1-2-18(9-13-7-8-22-11-13)16(20)10-19-14-5-3-4-6-15(14)23-12-17(19)21/h3-6,13H,2,7-12H2,1H3/t13-/m1/s1. The summed E-state index contributed by atoms with van der Waals surface area (Å²) < 4.78 is 10.8. The second-order valence-electron chi connectivity index (χ2n) is 5.90. The number of carbonyl (C=O) groups excluding carboxylic acids is 2. The molecule has 2 aliphatic rings.